The van der Waals surface area contributed by atoms with Gasteiger partial charge in [0.05, 0.1) is 11.8 Å². The maximum Gasteiger partial charge on any atom is 0.209 e. The summed E-state index contributed by atoms with van der Waals surface area (Å²) in [5, 5.41) is 13.9. The van der Waals surface area contributed by atoms with Crippen LogP contribution in [0.5, 0.6) is 0 Å². The number of para-hydroxylation sites is 1. The van der Waals surface area contributed by atoms with Gasteiger partial charge in [0.2, 0.25) is 5.16 Å². The molecule has 1 aliphatic rings. The van der Waals surface area contributed by atoms with Crippen LogP contribution >= 0.6 is 11.8 Å². The Morgan fingerprint density at radius 2 is 2.11 bits per heavy atom. The highest BCUT2D eigenvalue weighted by Gasteiger charge is 2.30. The molecule has 0 N–H and O–H groups in total. The molecule has 0 unspecified atom stereocenters. The van der Waals surface area contributed by atoms with Gasteiger partial charge >= 0.3 is 0 Å². The zero-order valence-electron chi connectivity index (χ0n) is 10.5. The molecule has 96 valence electrons. The Bertz CT molecular complexity index is 596. The molecule has 0 saturated heterocycles. The summed E-state index contributed by atoms with van der Waals surface area (Å²) in [6.45, 7) is 0. The van der Waals surface area contributed by atoms with Crippen LogP contribution in [0.3, 0.4) is 0 Å². The number of nitriles is 1. The van der Waals surface area contributed by atoms with E-state index in [9.17, 15) is 0 Å². The second kappa shape index (κ2) is 5.45. The Hall–Kier alpha value is -1.80. The third kappa shape index (κ3) is 2.79. The second-order valence-corrected chi connectivity index (χ2v) is 5.59. The van der Waals surface area contributed by atoms with E-state index in [-0.39, 0.29) is 0 Å². The number of nitrogens with zero attached hydrogens (tertiary/aromatic N) is 4. The standard InChI is InChI=1S/C14H14N4S/c15-9-4-10-19-14-16-13(11-7-8-11)18(17-14)12-5-2-1-3-6-12/h1-3,5-6,11H,4,7-8,10H2. The van der Waals surface area contributed by atoms with E-state index in [1.807, 2.05) is 35.0 Å². The van der Waals surface area contributed by atoms with Gasteiger partial charge < -0.3 is 0 Å². The molecule has 0 radical (unpaired) electrons. The van der Waals surface area contributed by atoms with Gasteiger partial charge in [-0.25, -0.2) is 9.67 Å². The first kappa shape index (κ1) is 12.2. The third-order valence-electron chi connectivity index (χ3n) is 3.00. The summed E-state index contributed by atoms with van der Waals surface area (Å²) in [5.74, 6) is 2.36. The fourth-order valence-corrected chi connectivity index (χ4v) is 2.59. The molecule has 0 aliphatic heterocycles. The summed E-state index contributed by atoms with van der Waals surface area (Å²) in [5.41, 5.74) is 1.06. The number of rotatable bonds is 5. The summed E-state index contributed by atoms with van der Waals surface area (Å²) in [7, 11) is 0. The smallest absolute Gasteiger partial charge is 0.209 e. The van der Waals surface area contributed by atoms with Crippen molar-refractivity contribution in [3.63, 3.8) is 0 Å². The van der Waals surface area contributed by atoms with Crippen molar-refractivity contribution >= 4 is 11.8 Å². The van der Waals surface area contributed by atoms with Crippen LogP contribution in [0, 0.1) is 11.3 Å². The predicted octanol–water partition coefficient (Wildman–Crippen LogP) is 3.15. The van der Waals surface area contributed by atoms with Crippen LogP contribution < -0.4 is 0 Å². The van der Waals surface area contributed by atoms with Gasteiger partial charge in [-0.1, -0.05) is 30.0 Å². The molecule has 4 nitrogen and oxygen atoms in total. The molecule has 2 aromatic rings. The van der Waals surface area contributed by atoms with Crippen LogP contribution in [0.1, 0.15) is 31.0 Å². The third-order valence-corrected chi connectivity index (χ3v) is 3.84. The molecular formula is C14H14N4S. The van der Waals surface area contributed by atoms with Gasteiger partial charge in [0.15, 0.2) is 0 Å². The average molecular weight is 270 g/mol. The van der Waals surface area contributed by atoms with Crippen LogP contribution in [0.2, 0.25) is 0 Å². The lowest BCUT2D eigenvalue weighted by Gasteiger charge is -2.03. The van der Waals surface area contributed by atoms with E-state index in [4.69, 9.17) is 5.26 Å². The lowest BCUT2D eigenvalue weighted by molar-refractivity contribution is 0.782. The van der Waals surface area contributed by atoms with Crippen molar-refractivity contribution < 1.29 is 0 Å². The van der Waals surface area contributed by atoms with Gasteiger partial charge in [0.25, 0.3) is 0 Å². The first-order chi connectivity index (χ1) is 9.38. The van der Waals surface area contributed by atoms with Crippen molar-refractivity contribution in [3.8, 4) is 11.8 Å². The van der Waals surface area contributed by atoms with Gasteiger partial charge in [-0.2, -0.15) is 5.26 Å². The average Bonchev–Trinajstić information content (AvgIpc) is 3.21. The van der Waals surface area contributed by atoms with Crippen LogP contribution in [-0.2, 0) is 0 Å². The Balaban J connectivity index is 1.88. The van der Waals surface area contributed by atoms with Gasteiger partial charge in [0.1, 0.15) is 5.82 Å². The number of hydrogen-bond acceptors (Lipinski definition) is 4. The second-order valence-electron chi connectivity index (χ2n) is 4.53. The Labute approximate surface area is 116 Å². The minimum Gasteiger partial charge on any atom is -0.216 e. The normalized spacial score (nSPS) is 14.3. The van der Waals surface area contributed by atoms with Crippen LogP contribution in [0.15, 0.2) is 35.5 Å². The van der Waals surface area contributed by atoms with E-state index >= 15 is 0 Å². The minimum absolute atomic E-state index is 0.531. The summed E-state index contributed by atoms with van der Waals surface area (Å²) < 4.78 is 1.95. The molecule has 0 atom stereocenters. The van der Waals surface area contributed by atoms with E-state index in [1.54, 1.807) is 11.8 Å². The van der Waals surface area contributed by atoms with E-state index in [1.165, 1.54) is 12.8 Å². The summed E-state index contributed by atoms with van der Waals surface area (Å²) in [6.07, 6.45) is 2.94. The molecule has 1 aromatic carbocycles. The molecule has 5 heteroatoms. The van der Waals surface area contributed by atoms with Gasteiger partial charge in [-0.3, -0.25) is 0 Å². The zero-order valence-corrected chi connectivity index (χ0v) is 11.3. The summed E-state index contributed by atoms with van der Waals surface area (Å²) in [6, 6.07) is 12.3. The van der Waals surface area contributed by atoms with Gasteiger partial charge in [0, 0.05) is 18.1 Å². The molecule has 1 aromatic heterocycles. The van der Waals surface area contributed by atoms with E-state index in [2.05, 4.69) is 16.2 Å². The fourth-order valence-electron chi connectivity index (χ4n) is 1.92. The molecule has 1 fully saturated rings. The molecular weight excluding hydrogens is 256 g/mol. The van der Waals surface area contributed by atoms with Crippen molar-refractivity contribution in [2.45, 2.75) is 30.3 Å². The molecule has 0 bridgehead atoms. The van der Waals surface area contributed by atoms with E-state index in [0.717, 1.165) is 22.4 Å². The number of hydrogen-bond donors (Lipinski definition) is 0. The quantitative estimate of drug-likeness (QED) is 0.618. The first-order valence-corrected chi connectivity index (χ1v) is 7.39. The maximum atomic E-state index is 8.57. The Kier molecular flexibility index (Phi) is 3.51. The van der Waals surface area contributed by atoms with E-state index < -0.39 is 0 Å². The molecule has 1 aliphatic carbocycles. The largest absolute Gasteiger partial charge is 0.216 e. The number of aromatic nitrogens is 3. The topological polar surface area (TPSA) is 54.5 Å². The highest BCUT2D eigenvalue weighted by atomic mass is 32.2. The van der Waals surface area contributed by atoms with Crippen LogP contribution in [-0.4, -0.2) is 20.5 Å². The Morgan fingerprint density at radius 1 is 1.32 bits per heavy atom. The molecule has 1 saturated carbocycles. The SMILES string of the molecule is N#CCCSc1nc(C2CC2)n(-c2ccccc2)n1. The molecule has 19 heavy (non-hydrogen) atoms. The molecule has 0 spiro atoms. The lowest BCUT2D eigenvalue weighted by Crippen LogP contribution is -2.01. The van der Waals surface area contributed by atoms with Gasteiger partial charge in [-0.15, -0.1) is 5.10 Å². The highest BCUT2D eigenvalue weighted by Crippen LogP contribution is 2.40. The zero-order chi connectivity index (χ0) is 13.1. The monoisotopic (exact) mass is 270 g/mol. The van der Waals surface area contributed by atoms with Crippen molar-refractivity contribution in [1.29, 1.82) is 5.26 Å². The van der Waals surface area contributed by atoms with Crippen molar-refractivity contribution in [3.05, 3.63) is 36.2 Å². The lowest BCUT2D eigenvalue weighted by atomic mass is 10.3. The highest BCUT2D eigenvalue weighted by molar-refractivity contribution is 7.99. The Morgan fingerprint density at radius 3 is 2.79 bits per heavy atom. The summed E-state index contributed by atoms with van der Waals surface area (Å²) in [4.78, 5) is 4.63. The summed E-state index contributed by atoms with van der Waals surface area (Å²) >= 11 is 1.55. The van der Waals surface area contributed by atoms with Gasteiger partial charge in [-0.05, 0) is 25.0 Å². The van der Waals surface area contributed by atoms with Crippen molar-refractivity contribution in [2.75, 3.05) is 5.75 Å². The van der Waals surface area contributed by atoms with Crippen molar-refractivity contribution in [2.24, 2.45) is 0 Å². The number of benzene rings is 1. The molecule has 3 rings (SSSR count). The molecule has 0 amide bonds. The van der Waals surface area contributed by atoms with Crippen LogP contribution in [0.25, 0.3) is 5.69 Å². The number of thioether (sulfide) groups is 1. The van der Waals surface area contributed by atoms with Crippen LogP contribution in [0.4, 0.5) is 0 Å². The molecule has 1 heterocycles. The first-order valence-electron chi connectivity index (χ1n) is 6.40. The maximum absolute atomic E-state index is 8.57. The minimum atomic E-state index is 0.531. The predicted molar refractivity (Wildman–Crippen MR) is 74.3 cm³/mol. The van der Waals surface area contributed by atoms with Crippen molar-refractivity contribution in [1.82, 2.24) is 14.8 Å². The van der Waals surface area contributed by atoms with E-state index in [0.29, 0.717) is 12.3 Å². The fraction of sp³-hybridized carbons (Fsp3) is 0.357.